The Bertz CT molecular complexity index is 574. The zero-order chi connectivity index (χ0) is 25.3. The van der Waals surface area contributed by atoms with Gasteiger partial charge in [-0.3, -0.25) is 14.5 Å². The SMILES string of the molecule is CCCOC(=O)NCCOCCOCC(=O)OCCN(CCOC(C)=O)CC([O-])=NP.S=S. The van der Waals surface area contributed by atoms with E-state index in [-0.39, 0.29) is 52.0 Å². The highest BCUT2D eigenvalue weighted by Crippen LogP contribution is 1.94. The van der Waals surface area contributed by atoms with Crippen molar-refractivity contribution in [1.29, 1.82) is 0 Å². The highest BCUT2D eigenvalue weighted by atomic mass is 32.8. The van der Waals surface area contributed by atoms with Crippen molar-refractivity contribution in [2.75, 3.05) is 72.4 Å². The highest BCUT2D eigenvalue weighted by Gasteiger charge is 2.09. The molecule has 1 N–H and O–H groups in total. The lowest BCUT2D eigenvalue weighted by Gasteiger charge is -2.24. The lowest BCUT2D eigenvalue weighted by atomic mass is 10.4. The Morgan fingerprint density at radius 1 is 0.970 bits per heavy atom. The van der Waals surface area contributed by atoms with E-state index in [0.717, 1.165) is 6.42 Å². The predicted octanol–water partition coefficient (Wildman–Crippen LogP) is -0.892. The Hall–Kier alpha value is -1.57. The predicted molar refractivity (Wildman–Crippen MR) is 127 cm³/mol. The second-order valence-corrected chi connectivity index (χ2v) is 6.35. The third-order valence-corrected chi connectivity index (χ3v) is 3.72. The van der Waals surface area contributed by atoms with Crippen molar-refractivity contribution >= 4 is 55.7 Å². The van der Waals surface area contributed by atoms with Crippen LogP contribution in [0.3, 0.4) is 0 Å². The summed E-state index contributed by atoms with van der Waals surface area (Å²) in [5.41, 5.74) is 0. The van der Waals surface area contributed by atoms with Crippen LogP contribution in [0, 0.1) is 0 Å². The standard InChI is InChI=1S/C18H34N3O9P.S2/c1-3-7-30-18(25)19-4-8-26-11-12-27-14-17(24)29-10-6-21(13-16(23)20-31)5-9-28-15(2)22;1-2/h3-14,31H2,1-2H3,(H,19,25)(H,20,23);/p-1. The van der Waals surface area contributed by atoms with E-state index in [1.165, 1.54) is 6.92 Å². The number of amides is 1. The summed E-state index contributed by atoms with van der Waals surface area (Å²) in [5.74, 6) is -1.34. The van der Waals surface area contributed by atoms with Crippen molar-refractivity contribution in [2.45, 2.75) is 20.3 Å². The number of nitrogens with zero attached hydrogens (tertiary/aromatic N) is 2. The summed E-state index contributed by atoms with van der Waals surface area (Å²) in [6, 6.07) is 0. The van der Waals surface area contributed by atoms with Crippen LogP contribution in [-0.4, -0.2) is 101 Å². The largest absolute Gasteiger partial charge is 0.861 e. The molecule has 0 aromatic rings. The molecule has 12 nitrogen and oxygen atoms in total. The fourth-order valence-corrected chi connectivity index (χ4v) is 2.08. The number of esters is 2. The average molecular weight is 531 g/mol. The first-order valence-electron chi connectivity index (χ1n) is 10.1. The summed E-state index contributed by atoms with van der Waals surface area (Å²) in [4.78, 5) is 35.3. The van der Waals surface area contributed by atoms with E-state index in [0.29, 0.717) is 26.3 Å². The summed E-state index contributed by atoms with van der Waals surface area (Å²) in [7, 11) is 1.99. The third kappa shape index (κ3) is 24.9. The van der Waals surface area contributed by atoms with Crippen LogP contribution in [0.25, 0.3) is 0 Å². The van der Waals surface area contributed by atoms with Crippen molar-refractivity contribution in [3.8, 4) is 0 Å². The molecule has 0 aliphatic rings. The molecule has 0 heterocycles. The highest BCUT2D eigenvalue weighted by molar-refractivity contribution is 8.07. The number of carbonyl (C=O) groups is 3. The van der Waals surface area contributed by atoms with Crippen LogP contribution >= 0.6 is 9.39 Å². The fraction of sp³-hybridized carbons (Fsp3) is 0.778. The van der Waals surface area contributed by atoms with Gasteiger partial charge in [0.2, 0.25) is 0 Å². The molecule has 0 saturated heterocycles. The van der Waals surface area contributed by atoms with Gasteiger partial charge in [0.1, 0.15) is 19.8 Å². The molecule has 0 aliphatic carbocycles. The Balaban J connectivity index is 0. The first-order valence-corrected chi connectivity index (χ1v) is 11.9. The number of hydrogen-bond acceptors (Lipinski definition) is 13. The molecule has 0 saturated carbocycles. The molecule has 0 bridgehead atoms. The van der Waals surface area contributed by atoms with Crippen molar-refractivity contribution in [2.24, 2.45) is 4.76 Å². The molecule has 0 aliphatic heterocycles. The molecule has 192 valence electrons. The quantitative estimate of drug-likeness (QED) is 0.0585. The normalized spacial score (nSPS) is 10.7. The van der Waals surface area contributed by atoms with Crippen LogP contribution in [0.5, 0.6) is 0 Å². The maximum atomic E-state index is 11.7. The summed E-state index contributed by atoms with van der Waals surface area (Å²) in [5, 5.41) is 14.0. The molecular weight excluding hydrogens is 497 g/mol. The molecule has 0 radical (unpaired) electrons. The molecule has 0 aromatic heterocycles. The van der Waals surface area contributed by atoms with Gasteiger partial charge >= 0.3 is 18.0 Å². The Labute approximate surface area is 206 Å². The topological polar surface area (TPSA) is 148 Å². The number of hydrogen-bond donors (Lipinski definition) is 1. The monoisotopic (exact) mass is 530 g/mol. The van der Waals surface area contributed by atoms with E-state index < -0.39 is 18.0 Å². The minimum absolute atomic E-state index is 0.0152. The van der Waals surface area contributed by atoms with Crippen molar-refractivity contribution in [3.05, 3.63) is 0 Å². The minimum Gasteiger partial charge on any atom is -0.861 e. The molecule has 0 spiro atoms. The Morgan fingerprint density at radius 3 is 2.21 bits per heavy atom. The average Bonchev–Trinajstić information content (AvgIpc) is 2.80. The lowest BCUT2D eigenvalue weighted by molar-refractivity contribution is -0.219. The number of alkyl carbamates (subject to hydrolysis) is 1. The van der Waals surface area contributed by atoms with Gasteiger partial charge < -0.3 is 34.1 Å². The van der Waals surface area contributed by atoms with Gasteiger partial charge in [-0.2, -0.15) is 0 Å². The van der Waals surface area contributed by atoms with Crippen LogP contribution in [0.2, 0.25) is 0 Å². The fourth-order valence-electron chi connectivity index (χ4n) is 2.00. The summed E-state index contributed by atoms with van der Waals surface area (Å²) in [6.45, 7) is 5.13. The van der Waals surface area contributed by atoms with Crippen LogP contribution in [-0.2, 0) is 55.6 Å². The lowest BCUT2D eigenvalue weighted by Crippen LogP contribution is -2.40. The summed E-state index contributed by atoms with van der Waals surface area (Å²) >= 11 is 7.33. The molecule has 1 unspecified atom stereocenters. The molecular formula is C18H33N3O9PS2-. The third-order valence-electron chi connectivity index (χ3n) is 3.43. The Morgan fingerprint density at radius 2 is 1.61 bits per heavy atom. The maximum Gasteiger partial charge on any atom is 0.407 e. The van der Waals surface area contributed by atoms with Gasteiger partial charge in [-0.25, -0.2) is 9.59 Å². The van der Waals surface area contributed by atoms with Gasteiger partial charge in [-0.15, -0.1) is 0 Å². The smallest absolute Gasteiger partial charge is 0.407 e. The van der Waals surface area contributed by atoms with E-state index in [4.69, 9.17) is 23.7 Å². The minimum atomic E-state index is -0.553. The molecule has 15 heteroatoms. The molecule has 0 rings (SSSR count). The zero-order valence-corrected chi connectivity index (χ0v) is 21.7. The molecule has 1 atom stereocenters. The first-order chi connectivity index (χ1) is 15.9. The van der Waals surface area contributed by atoms with E-state index in [1.807, 2.05) is 16.3 Å². The van der Waals surface area contributed by atoms with Crippen LogP contribution in [0.4, 0.5) is 4.79 Å². The van der Waals surface area contributed by atoms with Crippen molar-refractivity contribution in [3.63, 3.8) is 0 Å². The number of nitrogens with one attached hydrogen (secondary N) is 1. The van der Waals surface area contributed by atoms with Gasteiger partial charge in [0.05, 0.1) is 26.4 Å². The van der Waals surface area contributed by atoms with Crippen LogP contribution in [0.1, 0.15) is 20.3 Å². The summed E-state index contributed by atoms with van der Waals surface area (Å²) in [6.07, 6.45) is 0.271. The van der Waals surface area contributed by atoms with Crippen molar-refractivity contribution in [1.82, 2.24) is 10.2 Å². The maximum absolute atomic E-state index is 11.7. The van der Waals surface area contributed by atoms with Crippen LogP contribution in [0.15, 0.2) is 4.76 Å². The summed E-state index contributed by atoms with van der Waals surface area (Å²) < 4.78 is 28.6. The van der Waals surface area contributed by atoms with E-state index in [2.05, 4.69) is 32.5 Å². The molecule has 0 fully saturated rings. The second kappa shape index (κ2) is 25.1. The van der Waals surface area contributed by atoms with E-state index in [9.17, 15) is 19.5 Å². The molecule has 1 amide bonds. The van der Waals surface area contributed by atoms with Gasteiger partial charge in [-0.05, 0) is 21.7 Å². The number of ether oxygens (including phenoxy) is 5. The number of carbonyl (C=O) groups excluding carboxylic acids is 3. The van der Waals surface area contributed by atoms with Gasteiger partial charge in [0, 0.05) is 55.5 Å². The van der Waals surface area contributed by atoms with Crippen LogP contribution < -0.4 is 10.4 Å². The van der Waals surface area contributed by atoms with Crippen molar-refractivity contribution < 1.29 is 43.2 Å². The molecule has 33 heavy (non-hydrogen) atoms. The van der Waals surface area contributed by atoms with Gasteiger partial charge in [0.25, 0.3) is 0 Å². The van der Waals surface area contributed by atoms with Gasteiger partial charge in [0.15, 0.2) is 0 Å². The number of rotatable bonds is 18. The zero-order valence-electron chi connectivity index (χ0n) is 18.9. The van der Waals surface area contributed by atoms with E-state index >= 15 is 0 Å². The second-order valence-electron chi connectivity index (χ2n) is 6.09. The first kappa shape index (κ1) is 33.6. The van der Waals surface area contributed by atoms with E-state index in [1.54, 1.807) is 4.90 Å². The Kier molecular flexibility index (Phi) is 25.5. The van der Waals surface area contributed by atoms with Gasteiger partial charge in [-0.1, -0.05) is 6.92 Å². The molecule has 0 aromatic carbocycles.